The number of aryl methyl sites for hydroxylation is 1. The molecule has 0 aromatic carbocycles. The predicted octanol–water partition coefficient (Wildman–Crippen LogP) is 2.46. The van der Waals surface area contributed by atoms with Crippen molar-refractivity contribution >= 4 is 16.7 Å². The van der Waals surface area contributed by atoms with Crippen LogP contribution in [0.15, 0.2) is 12.4 Å². The molecule has 0 radical (unpaired) electrons. The first-order chi connectivity index (χ1) is 15.8. The fraction of sp³-hybridized carbons (Fsp3) is 0.682. The summed E-state index contributed by atoms with van der Waals surface area (Å²) < 4.78 is 57.9. The van der Waals surface area contributed by atoms with Crippen LogP contribution in [0.25, 0.3) is 10.9 Å². The van der Waals surface area contributed by atoms with E-state index in [4.69, 9.17) is 12.2 Å². The van der Waals surface area contributed by atoms with Crippen LogP contribution in [0.4, 0.5) is 14.6 Å². The molecule has 2 aromatic rings. The molecule has 3 saturated heterocycles. The van der Waals surface area contributed by atoms with Crippen molar-refractivity contribution < 1.29 is 21.0 Å². The lowest BCUT2D eigenvalue weighted by Gasteiger charge is -2.31. The summed E-state index contributed by atoms with van der Waals surface area (Å²) in [5.74, 6) is 0.259. The van der Waals surface area contributed by atoms with Crippen LogP contribution in [0.5, 0.6) is 6.01 Å². The zero-order valence-electron chi connectivity index (χ0n) is 19.4. The summed E-state index contributed by atoms with van der Waals surface area (Å²) >= 11 is 0. The summed E-state index contributed by atoms with van der Waals surface area (Å²) in [6.45, 7) is 1.79. The second kappa shape index (κ2) is 7.20. The Morgan fingerprint density at radius 1 is 1.32 bits per heavy atom. The number of anilines is 1. The van der Waals surface area contributed by atoms with E-state index in [-0.39, 0.29) is 30.9 Å². The standard InChI is InChI=1S/C22H27F2N5O2/c1-13-8-25-9-15-18(13)26-21(31-12-22-3-2-4-28(22)10-14(23)7-22)27-20(15)29-5-6-30-11-16-17(24)19(16)29/h8-9,14,16-17,19H,2-7,10-12H2,1H3/t14-,16+,17+,19+,22+/m1/s1/i12D2. The number of rotatable bonds is 4. The van der Waals surface area contributed by atoms with E-state index >= 15 is 0 Å². The molecule has 0 spiro atoms. The second-order valence-electron chi connectivity index (χ2n) is 9.14. The van der Waals surface area contributed by atoms with E-state index in [2.05, 4.69) is 15.0 Å². The van der Waals surface area contributed by atoms with Gasteiger partial charge in [0.05, 0.1) is 38.4 Å². The lowest BCUT2D eigenvalue weighted by molar-refractivity contribution is 0.107. The van der Waals surface area contributed by atoms with Gasteiger partial charge in [-0.1, -0.05) is 0 Å². The molecule has 9 heteroatoms. The Balaban J connectivity index is 1.42. The van der Waals surface area contributed by atoms with Gasteiger partial charge in [0.1, 0.15) is 24.7 Å². The Morgan fingerprint density at radius 3 is 3.13 bits per heavy atom. The molecular weight excluding hydrogens is 404 g/mol. The van der Waals surface area contributed by atoms with Crippen molar-refractivity contribution in [3.63, 3.8) is 0 Å². The summed E-state index contributed by atoms with van der Waals surface area (Å²) in [5, 5.41) is 0.660. The highest BCUT2D eigenvalue weighted by Crippen LogP contribution is 2.44. The van der Waals surface area contributed by atoms with Gasteiger partial charge in [0, 0.05) is 37.8 Å². The molecule has 5 heterocycles. The molecule has 166 valence electrons. The average molecular weight is 433 g/mol. The summed E-state index contributed by atoms with van der Waals surface area (Å²) in [6, 6.07) is -0.472. The van der Waals surface area contributed by atoms with Gasteiger partial charge in [0.15, 0.2) is 0 Å². The van der Waals surface area contributed by atoms with Crippen molar-refractivity contribution in [1.82, 2.24) is 19.9 Å². The Labute approximate surface area is 182 Å². The van der Waals surface area contributed by atoms with Gasteiger partial charge < -0.3 is 14.4 Å². The Hall–Kier alpha value is -2.13. The molecule has 4 fully saturated rings. The van der Waals surface area contributed by atoms with Crippen molar-refractivity contribution in [2.24, 2.45) is 5.92 Å². The Bertz CT molecular complexity index is 1090. The minimum Gasteiger partial charge on any atom is -0.461 e. The average Bonchev–Trinajstić information content (AvgIpc) is 3.12. The molecule has 1 saturated carbocycles. The van der Waals surface area contributed by atoms with Gasteiger partial charge in [-0.2, -0.15) is 9.97 Å². The number of halogens is 2. The van der Waals surface area contributed by atoms with E-state index in [1.54, 1.807) is 12.4 Å². The lowest BCUT2D eigenvalue weighted by Crippen LogP contribution is -2.43. The predicted molar refractivity (Wildman–Crippen MR) is 111 cm³/mol. The van der Waals surface area contributed by atoms with Gasteiger partial charge in [0.2, 0.25) is 0 Å². The van der Waals surface area contributed by atoms with Crippen LogP contribution in [-0.4, -0.2) is 83.2 Å². The summed E-state index contributed by atoms with van der Waals surface area (Å²) in [5.41, 5.74) is 0.316. The molecule has 4 aliphatic rings. The van der Waals surface area contributed by atoms with E-state index in [0.717, 1.165) is 12.0 Å². The first kappa shape index (κ1) is 17.4. The smallest absolute Gasteiger partial charge is 0.319 e. The zero-order chi connectivity index (χ0) is 23.0. The quantitative estimate of drug-likeness (QED) is 0.734. The molecule has 31 heavy (non-hydrogen) atoms. The van der Waals surface area contributed by atoms with Gasteiger partial charge in [-0.05, 0) is 31.9 Å². The van der Waals surface area contributed by atoms with E-state index in [1.165, 1.54) is 0 Å². The maximum Gasteiger partial charge on any atom is 0.319 e. The number of pyridine rings is 1. The largest absolute Gasteiger partial charge is 0.461 e. The molecule has 7 nitrogen and oxygen atoms in total. The van der Waals surface area contributed by atoms with Crippen LogP contribution in [0.3, 0.4) is 0 Å². The topological polar surface area (TPSA) is 63.6 Å². The van der Waals surface area contributed by atoms with E-state index < -0.39 is 24.4 Å². The van der Waals surface area contributed by atoms with Gasteiger partial charge in [0.25, 0.3) is 0 Å². The SMILES string of the molecule is [2H]C([2H])(Oc1nc(N2CCOC[C@H]3[C@H](F)[C@H]32)c2cncc(C)c2n1)[C@@]12CCCN1C[C@H](F)C2. The Morgan fingerprint density at radius 2 is 2.23 bits per heavy atom. The third-order valence-electron chi connectivity index (χ3n) is 7.14. The van der Waals surface area contributed by atoms with Crippen molar-refractivity contribution in [1.29, 1.82) is 0 Å². The summed E-state index contributed by atoms with van der Waals surface area (Å²) in [4.78, 5) is 17.1. The first-order valence-electron chi connectivity index (χ1n) is 12.0. The maximum absolute atomic E-state index is 14.5. The molecule has 6 rings (SSSR count). The molecule has 0 unspecified atom stereocenters. The van der Waals surface area contributed by atoms with E-state index in [0.29, 0.717) is 49.4 Å². The number of hydrogen-bond acceptors (Lipinski definition) is 7. The molecule has 5 atom stereocenters. The van der Waals surface area contributed by atoms with Crippen molar-refractivity contribution in [2.45, 2.75) is 50.1 Å². The molecular formula is C22H27F2N5O2. The maximum atomic E-state index is 14.5. The van der Waals surface area contributed by atoms with E-state index in [1.807, 2.05) is 16.7 Å². The van der Waals surface area contributed by atoms with Gasteiger partial charge in [-0.25, -0.2) is 8.78 Å². The molecule has 1 aliphatic carbocycles. The minimum absolute atomic E-state index is 0.0835. The molecule has 3 aliphatic heterocycles. The molecule has 0 N–H and O–H groups in total. The highest BCUT2D eigenvalue weighted by molar-refractivity contribution is 5.91. The number of alkyl halides is 2. The van der Waals surface area contributed by atoms with E-state index in [9.17, 15) is 8.78 Å². The van der Waals surface area contributed by atoms with Gasteiger partial charge in [-0.3, -0.25) is 9.88 Å². The first-order valence-corrected chi connectivity index (χ1v) is 11.0. The normalized spacial score (nSPS) is 36.5. The second-order valence-corrected chi connectivity index (χ2v) is 9.14. The number of aromatic nitrogens is 3. The number of ether oxygens (including phenoxy) is 2. The number of hydrogen-bond donors (Lipinski definition) is 0. The van der Waals surface area contributed by atoms with Crippen LogP contribution in [0, 0.1) is 12.8 Å². The minimum atomic E-state index is -2.19. The third-order valence-corrected chi connectivity index (χ3v) is 7.14. The molecule has 2 aromatic heterocycles. The lowest BCUT2D eigenvalue weighted by atomic mass is 9.95. The Kier molecular flexibility index (Phi) is 4.05. The van der Waals surface area contributed by atoms with Crippen LogP contribution in [0.2, 0.25) is 0 Å². The molecule has 0 amide bonds. The fourth-order valence-electron chi connectivity index (χ4n) is 5.49. The summed E-state index contributed by atoms with van der Waals surface area (Å²) in [6.07, 6.45) is 2.61. The molecule has 0 bridgehead atoms. The number of nitrogens with zero attached hydrogens (tertiary/aromatic N) is 5. The van der Waals surface area contributed by atoms with Gasteiger partial charge >= 0.3 is 6.01 Å². The van der Waals surface area contributed by atoms with Crippen LogP contribution in [0.1, 0.15) is 27.6 Å². The third kappa shape index (κ3) is 3.16. The van der Waals surface area contributed by atoms with Crippen molar-refractivity contribution in [2.75, 3.05) is 44.3 Å². The van der Waals surface area contributed by atoms with Gasteiger partial charge in [-0.15, -0.1) is 0 Å². The van der Waals surface area contributed by atoms with Crippen LogP contribution >= 0.6 is 0 Å². The fourth-order valence-corrected chi connectivity index (χ4v) is 5.49. The monoisotopic (exact) mass is 433 g/mol. The highest BCUT2D eigenvalue weighted by atomic mass is 19.1. The van der Waals surface area contributed by atoms with Crippen molar-refractivity contribution in [3.05, 3.63) is 18.0 Å². The van der Waals surface area contributed by atoms with Crippen LogP contribution in [-0.2, 0) is 4.74 Å². The zero-order valence-corrected chi connectivity index (χ0v) is 17.4. The highest BCUT2D eigenvalue weighted by Gasteiger charge is 2.56. The summed E-state index contributed by atoms with van der Waals surface area (Å²) in [7, 11) is 0. The number of fused-ring (bicyclic) bond motifs is 3. The van der Waals surface area contributed by atoms with Crippen molar-refractivity contribution in [3.8, 4) is 6.01 Å². The van der Waals surface area contributed by atoms with Crippen LogP contribution < -0.4 is 9.64 Å².